The number of benzene rings is 2. The van der Waals surface area contributed by atoms with Crippen LogP contribution in [0.15, 0.2) is 65.4 Å². The molecule has 1 aliphatic rings. The highest BCUT2D eigenvalue weighted by Gasteiger charge is 2.47. The van der Waals surface area contributed by atoms with Gasteiger partial charge < -0.3 is 9.26 Å². The lowest BCUT2D eigenvalue weighted by molar-refractivity contribution is -0.121. The van der Waals surface area contributed by atoms with Crippen LogP contribution < -0.4 is 9.64 Å². The Hall–Kier alpha value is -4.20. The zero-order chi connectivity index (χ0) is 24.0. The summed E-state index contributed by atoms with van der Waals surface area (Å²) in [5, 5.41) is 11.3. The summed E-state index contributed by atoms with van der Waals surface area (Å²) in [6.45, 7) is 5.19. The van der Waals surface area contributed by atoms with Crippen LogP contribution in [0.5, 0.6) is 5.75 Å². The summed E-state index contributed by atoms with van der Waals surface area (Å²) in [7, 11) is 1.60. The van der Waals surface area contributed by atoms with E-state index >= 15 is 0 Å². The largest absolute Gasteiger partial charge is 0.496 e. The molecule has 2 aromatic heterocycles. The van der Waals surface area contributed by atoms with Crippen molar-refractivity contribution in [2.24, 2.45) is 0 Å². The summed E-state index contributed by atoms with van der Waals surface area (Å²) < 4.78 is 10.6. The van der Waals surface area contributed by atoms with E-state index in [1.54, 1.807) is 18.1 Å². The minimum atomic E-state index is -0.878. The van der Waals surface area contributed by atoms with E-state index in [-0.39, 0.29) is 11.7 Å². The molecule has 3 heterocycles. The number of nitrogens with one attached hydrogen (secondary N) is 1. The molecule has 0 aliphatic carbocycles. The third kappa shape index (κ3) is 3.22. The van der Waals surface area contributed by atoms with Gasteiger partial charge in [-0.15, -0.1) is 0 Å². The molecular weight excluding hydrogens is 432 g/mol. The number of nitrogens with zero attached hydrogens (tertiary/aromatic N) is 3. The number of methoxy groups -OCH3 is 1. The molecule has 0 saturated carbocycles. The van der Waals surface area contributed by atoms with Crippen molar-refractivity contribution in [1.82, 2.24) is 15.4 Å². The highest BCUT2D eigenvalue weighted by Crippen LogP contribution is 2.47. The number of ketones is 1. The lowest BCUT2D eigenvalue weighted by Crippen LogP contribution is -2.32. The molecule has 172 valence electrons. The molecule has 8 nitrogen and oxygen atoms in total. The highest BCUT2D eigenvalue weighted by molar-refractivity contribution is 6.11. The van der Waals surface area contributed by atoms with Crippen molar-refractivity contribution in [3.63, 3.8) is 0 Å². The molecule has 0 radical (unpaired) electrons. The predicted molar refractivity (Wildman–Crippen MR) is 126 cm³/mol. The number of amides is 1. The van der Waals surface area contributed by atoms with Crippen molar-refractivity contribution in [3.8, 4) is 17.0 Å². The summed E-state index contributed by atoms with van der Waals surface area (Å²) in [4.78, 5) is 27.9. The van der Waals surface area contributed by atoms with Gasteiger partial charge in [-0.3, -0.25) is 19.6 Å². The zero-order valence-electron chi connectivity index (χ0n) is 19.3. The number of ether oxygens (including phenoxy) is 1. The molecule has 0 bridgehead atoms. The fourth-order valence-electron chi connectivity index (χ4n) is 4.40. The summed E-state index contributed by atoms with van der Waals surface area (Å²) in [6, 6.07) is 16.4. The summed E-state index contributed by atoms with van der Waals surface area (Å²) in [6.07, 6.45) is 1.52. The number of Topliss-reactive ketones (excluding diaryl/α,β-unsaturated/α-hetero) is 1. The Balaban J connectivity index is 1.69. The van der Waals surface area contributed by atoms with Gasteiger partial charge in [0.15, 0.2) is 0 Å². The maximum atomic E-state index is 13.7. The smallest absolute Gasteiger partial charge is 0.277 e. The van der Waals surface area contributed by atoms with Crippen molar-refractivity contribution < 1.29 is 18.8 Å². The van der Waals surface area contributed by atoms with Gasteiger partial charge in [-0.1, -0.05) is 35.5 Å². The molecule has 8 heteroatoms. The summed E-state index contributed by atoms with van der Waals surface area (Å²) >= 11 is 0. The Bertz CT molecular complexity index is 1370. The standard InChI is InChI=1S/C26H24N4O4/c1-15(31)26(2,3)24-21-22(27-28-24)25(32)30(23(21)18-7-5-6-8-20(18)33-4)17-11-9-16(10-12-17)19-13-14-34-29-19/h5-14,23H,1-4H3,(H,27,28). The van der Waals surface area contributed by atoms with E-state index in [9.17, 15) is 9.59 Å². The molecule has 34 heavy (non-hydrogen) atoms. The fraction of sp³-hybridized carbons (Fsp3) is 0.231. The molecule has 5 rings (SSSR count). The first-order valence-electron chi connectivity index (χ1n) is 10.9. The van der Waals surface area contributed by atoms with Crippen LogP contribution in [-0.2, 0) is 10.2 Å². The lowest BCUT2D eigenvalue weighted by Gasteiger charge is -2.29. The Morgan fingerprint density at radius 3 is 2.50 bits per heavy atom. The summed E-state index contributed by atoms with van der Waals surface area (Å²) in [5.41, 5.74) is 3.83. The predicted octanol–water partition coefficient (Wildman–Crippen LogP) is 4.69. The number of hydrogen-bond donors (Lipinski definition) is 1. The first-order valence-corrected chi connectivity index (χ1v) is 10.9. The number of para-hydroxylation sites is 1. The fourth-order valence-corrected chi connectivity index (χ4v) is 4.40. The number of carbonyl (C=O) groups is 2. The van der Waals surface area contributed by atoms with Crippen LogP contribution >= 0.6 is 0 Å². The Morgan fingerprint density at radius 2 is 1.85 bits per heavy atom. The number of aromatic nitrogens is 3. The molecule has 1 unspecified atom stereocenters. The van der Waals surface area contributed by atoms with E-state index in [0.29, 0.717) is 34.1 Å². The van der Waals surface area contributed by atoms with Crippen LogP contribution in [0.4, 0.5) is 5.69 Å². The molecule has 2 aromatic carbocycles. The average molecular weight is 457 g/mol. The summed E-state index contributed by atoms with van der Waals surface area (Å²) in [5.74, 6) is 0.381. The molecule has 0 fully saturated rings. The third-order valence-corrected chi connectivity index (χ3v) is 6.55. The van der Waals surface area contributed by atoms with E-state index in [1.807, 2.05) is 62.4 Å². The van der Waals surface area contributed by atoms with Gasteiger partial charge in [0.25, 0.3) is 5.91 Å². The van der Waals surface area contributed by atoms with Crippen molar-refractivity contribution in [2.45, 2.75) is 32.2 Å². The van der Waals surface area contributed by atoms with Gasteiger partial charge in [-0.05, 0) is 39.0 Å². The van der Waals surface area contributed by atoms with Crippen molar-refractivity contribution in [3.05, 3.63) is 83.4 Å². The first kappa shape index (κ1) is 21.6. The normalized spacial score (nSPS) is 15.5. The third-order valence-electron chi connectivity index (χ3n) is 6.55. The van der Waals surface area contributed by atoms with Crippen molar-refractivity contribution in [1.29, 1.82) is 0 Å². The van der Waals surface area contributed by atoms with Gasteiger partial charge in [0.2, 0.25) is 0 Å². The molecule has 0 spiro atoms. The minimum Gasteiger partial charge on any atom is -0.496 e. The van der Waals surface area contributed by atoms with Gasteiger partial charge in [0.1, 0.15) is 29.2 Å². The lowest BCUT2D eigenvalue weighted by atomic mass is 9.81. The van der Waals surface area contributed by atoms with Crippen LogP contribution in [-0.4, -0.2) is 34.2 Å². The van der Waals surface area contributed by atoms with E-state index < -0.39 is 11.5 Å². The topological polar surface area (TPSA) is 101 Å². The van der Waals surface area contributed by atoms with Gasteiger partial charge in [-0.25, -0.2) is 0 Å². The van der Waals surface area contributed by atoms with Crippen LogP contribution in [0, 0.1) is 0 Å². The minimum absolute atomic E-state index is 0.0385. The van der Waals surface area contributed by atoms with E-state index in [4.69, 9.17) is 9.26 Å². The second-order valence-electron chi connectivity index (χ2n) is 8.79. The van der Waals surface area contributed by atoms with Crippen LogP contribution in [0.3, 0.4) is 0 Å². The van der Waals surface area contributed by atoms with Gasteiger partial charge >= 0.3 is 0 Å². The number of rotatable bonds is 6. The Kier molecular flexibility index (Phi) is 5.08. The number of hydrogen-bond acceptors (Lipinski definition) is 6. The number of H-pyrrole nitrogens is 1. The van der Waals surface area contributed by atoms with Crippen LogP contribution in [0.1, 0.15) is 54.1 Å². The van der Waals surface area contributed by atoms with Crippen LogP contribution in [0.2, 0.25) is 0 Å². The average Bonchev–Trinajstić information content (AvgIpc) is 3.57. The number of fused-ring (bicyclic) bond motifs is 1. The SMILES string of the molecule is COc1ccccc1C1c2c(C(C)(C)C(C)=O)n[nH]c2C(=O)N1c1ccc(-c2ccon2)cc1. The zero-order valence-corrected chi connectivity index (χ0v) is 19.3. The maximum Gasteiger partial charge on any atom is 0.277 e. The number of anilines is 1. The van der Waals surface area contributed by atoms with E-state index in [2.05, 4.69) is 15.4 Å². The molecule has 1 N–H and O–H groups in total. The van der Waals surface area contributed by atoms with Gasteiger partial charge in [0, 0.05) is 28.4 Å². The Labute approximate surface area is 196 Å². The van der Waals surface area contributed by atoms with Crippen LogP contribution in [0.25, 0.3) is 11.3 Å². The Morgan fingerprint density at radius 1 is 1.12 bits per heavy atom. The van der Waals surface area contributed by atoms with E-state index in [0.717, 1.165) is 11.1 Å². The van der Waals surface area contributed by atoms with E-state index in [1.165, 1.54) is 13.2 Å². The second kappa shape index (κ2) is 7.98. The van der Waals surface area contributed by atoms with Crippen molar-refractivity contribution in [2.75, 3.05) is 12.0 Å². The second-order valence-corrected chi connectivity index (χ2v) is 8.79. The monoisotopic (exact) mass is 456 g/mol. The molecule has 4 aromatic rings. The molecular formula is C26H24N4O4. The molecule has 1 amide bonds. The maximum absolute atomic E-state index is 13.7. The number of aromatic amines is 1. The van der Waals surface area contributed by atoms with Gasteiger partial charge in [0.05, 0.1) is 24.3 Å². The highest BCUT2D eigenvalue weighted by atomic mass is 16.5. The molecule has 1 aliphatic heterocycles. The molecule has 0 saturated heterocycles. The first-order chi connectivity index (χ1) is 16.3. The number of carbonyl (C=O) groups excluding carboxylic acids is 2. The van der Waals surface area contributed by atoms with Crippen molar-refractivity contribution >= 4 is 17.4 Å². The quantitative estimate of drug-likeness (QED) is 0.452. The molecule has 1 atom stereocenters. The van der Waals surface area contributed by atoms with Gasteiger partial charge in [-0.2, -0.15) is 5.10 Å².